The fourth-order valence-corrected chi connectivity index (χ4v) is 2.75. The second-order valence-corrected chi connectivity index (χ2v) is 7.17. The lowest BCUT2D eigenvalue weighted by Crippen LogP contribution is -2.32. The second-order valence-electron chi connectivity index (χ2n) is 3.75. The number of sulfonamides is 2. The highest BCUT2D eigenvalue weighted by Gasteiger charge is 2.46. The zero-order valence-electron chi connectivity index (χ0n) is 11.8. The van der Waals surface area contributed by atoms with Crippen molar-refractivity contribution in [2.24, 2.45) is 0 Å². The van der Waals surface area contributed by atoms with Crippen molar-refractivity contribution in [3.05, 3.63) is 28.9 Å². The van der Waals surface area contributed by atoms with Gasteiger partial charge in [-0.15, -0.1) is 0 Å². The van der Waals surface area contributed by atoms with E-state index in [1.807, 2.05) is 18.5 Å². The Morgan fingerprint density at radius 3 is 1.79 bits per heavy atom. The van der Waals surface area contributed by atoms with Crippen LogP contribution in [0.3, 0.4) is 0 Å². The summed E-state index contributed by atoms with van der Waals surface area (Å²) in [7, 11) is -13.4. The molecule has 0 saturated heterocycles. The summed E-state index contributed by atoms with van der Waals surface area (Å²) in [6.45, 7) is 6.75. The summed E-state index contributed by atoms with van der Waals surface area (Å²) in [5.74, 6) is 1.07. The van der Waals surface area contributed by atoms with Crippen LogP contribution in [0.1, 0.15) is 12.7 Å². The smallest absolute Gasteiger partial charge is 0.421 e. The molecule has 0 spiro atoms. The van der Waals surface area contributed by atoms with E-state index in [0.29, 0.717) is 0 Å². The van der Waals surface area contributed by atoms with Gasteiger partial charge in [0.25, 0.3) is 5.82 Å². The molecule has 0 aliphatic carbocycles. The van der Waals surface area contributed by atoms with E-state index in [0.717, 1.165) is 16.5 Å². The third kappa shape index (κ3) is 5.79. The molecule has 1 rings (SSSR count). The largest absolute Gasteiger partial charge is 0.480 e. The Hall–Kier alpha value is -1.61. The average molecular weight is 403 g/mol. The molecule has 1 aromatic heterocycles. The van der Waals surface area contributed by atoms with Crippen molar-refractivity contribution in [2.75, 3.05) is 0 Å². The molecule has 0 aliphatic rings. The van der Waals surface area contributed by atoms with Crippen molar-refractivity contribution >= 4 is 26.1 Å². The summed E-state index contributed by atoms with van der Waals surface area (Å²) in [6, 6.07) is 0. The number of aryl methyl sites for hydroxylation is 1. The van der Waals surface area contributed by atoms with Crippen LogP contribution in [0, 0.1) is 0 Å². The topological polar surface area (TPSA) is 102 Å². The molecule has 1 heterocycles. The Bertz CT molecular complexity index is 722. The van der Waals surface area contributed by atoms with E-state index in [2.05, 4.69) is 23.1 Å². The predicted octanol–water partition coefficient (Wildman–Crippen LogP) is 2.02. The Labute approximate surface area is 133 Å². The molecule has 0 radical (unpaired) electrons. The minimum Gasteiger partial charge on any atom is -0.421 e. The number of aromatic nitrogens is 2. The van der Waals surface area contributed by atoms with E-state index in [9.17, 15) is 43.2 Å². The van der Waals surface area contributed by atoms with Gasteiger partial charge in [-0.2, -0.15) is 26.3 Å². The lowest BCUT2D eigenvalue weighted by Gasteiger charge is -2.22. The molecule has 0 atom stereocenters. The van der Waals surface area contributed by atoms with Crippen molar-refractivity contribution in [3.63, 3.8) is 0 Å². The van der Waals surface area contributed by atoms with Gasteiger partial charge in [0.05, 0.1) is 6.54 Å². The molecular formula is C9H11F6N3O4S2. The minimum absolute atomic E-state index is 0.778. The normalized spacial score (nSPS) is 13.1. The number of imidazole rings is 1. The Balaban J connectivity index is 0.000000496. The number of nitrogens with zero attached hydrogens (tertiary/aromatic N) is 2. The van der Waals surface area contributed by atoms with Crippen LogP contribution in [0.15, 0.2) is 19.0 Å². The van der Waals surface area contributed by atoms with Crippen LogP contribution in [0.25, 0.3) is 10.2 Å². The van der Waals surface area contributed by atoms with Crippen LogP contribution in [-0.2, 0) is 26.6 Å². The molecule has 0 amide bonds. The minimum atomic E-state index is -6.72. The molecule has 0 aliphatic heterocycles. The zero-order chi connectivity index (χ0) is 19.4. The molecule has 1 aromatic rings. The van der Waals surface area contributed by atoms with Gasteiger partial charge in [-0.3, -0.25) is 0 Å². The average Bonchev–Trinajstić information content (AvgIpc) is 2.82. The van der Waals surface area contributed by atoms with Gasteiger partial charge in [0.2, 0.25) is 0 Å². The third-order valence-electron chi connectivity index (χ3n) is 2.11. The van der Waals surface area contributed by atoms with Gasteiger partial charge in [0.15, 0.2) is 20.0 Å². The second kappa shape index (κ2) is 7.52. The summed E-state index contributed by atoms with van der Waals surface area (Å²) in [6.07, 6.45) is 5.71. The first-order valence-electron chi connectivity index (χ1n) is 5.65. The maximum atomic E-state index is 11.4. The van der Waals surface area contributed by atoms with Gasteiger partial charge in [-0.25, -0.2) is 26.4 Å². The molecule has 7 nitrogen and oxygen atoms in total. The number of halogens is 6. The molecule has 0 saturated carbocycles. The fraction of sp³-hybridized carbons (Fsp3) is 0.444. The molecule has 140 valence electrons. The lowest BCUT2D eigenvalue weighted by atomic mass is 10.5. The summed E-state index contributed by atoms with van der Waals surface area (Å²) < 4.78 is 111. The molecule has 15 heteroatoms. The molecule has 0 fully saturated rings. The van der Waals surface area contributed by atoms with Gasteiger partial charge in [0, 0.05) is 6.08 Å². The van der Waals surface area contributed by atoms with Crippen molar-refractivity contribution < 1.29 is 47.7 Å². The molecule has 0 bridgehead atoms. The van der Waals surface area contributed by atoms with Gasteiger partial charge in [-0.1, -0.05) is 6.58 Å². The van der Waals surface area contributed by atoms with Crippen LogP contribution in [0.2, 0.25) is 0 Å². The van der Waals surface area contributed by atoms with E-state index in [1.54, 1.807) is 0 Å². The Morgan fingerprint density at radius 2 is 1.54 bits per heavy atom. The molecule has 24 heavy (non-hydrogen) atoms. The van der Waals surface area contributed by atoms with Crippen LogP contribution < -0.4 is 4.57 Å². The fourth-order valence-electron chi connectivity index (χ4n) is 1.04. The van der Waals surface area contributed by atoms with Crippen molar-refractivity contribution in [2.45, 2.75) is 24.5 Å². The Kier molecular flexibility index (Phi) is 7.01. The zero-order valence-corrected chi connectivity index (χ0v) is 13.4. The van der Waals surface area contributed by atoms with Crippen molar-refractivity contribution in [3.8, 4) is 0 Å². The lowest BCUT2D eigenvalue weighted by molar-refractivity contribution is -0.693. The monoisotopic (exact) mass is 403 g/mol. The van der Waals surface area contributed by atoms with Crippen molar-refractivity contribution in [1.29, 1.82) is 0 Å². The number of alkyl halides is 6. The van der Waals surface area contributed by atoms with Crippen molar-refractivity contribution in [1.82, 2.24) is 4.98 Å². The van der Waals surface area contributed by atoms with Crippen LogP contribution in [0.5, 0.6) is 0 Å². The highest BCUT2D eigenvalue weighted by Crippen LogP contribution is 2.36. The number of rotatable bonds is 4. The molecule has 1 N–H and O–H groups in total. The van der Waals surface area contributed by atoms with Gasteiger partial charge in [-0.05, 0) is 6.92 Å². The van der Waals surface area contributed by atoms with Crippen LogP contribution in [-0.4, -0.2) is 32.8 Å². The van der Waals surface area contributed by atoms with Crippen LogP contribution in [0.4, 0.5) is 26.3 Å². The van der Waals surface area contributed by atoms with Gasteiger partial charge < -0.3 is 4.13 Å². The Morgan fingerprint density at radius 1 is 1.12 bits per heavy atom. The number of aromatic amines is 1. The molecular weight excluding hydrogens is 392 g/mol. The number of hydrogen-bond donors (Lipinski definition) is 1. The molecule has 0 unspecified atom stereocenters. The van der Waals surface area contributed by atoms with E-state index < -0.39 is 31.1 Å². The number of H-pyrrole nitrogens is 1. The van der Waals surface area contributed by atoms with Gasteiger partial charge in [0.1, 0.15) is 12.4 Å². The third-order valence-corrected chi connectivity index (χ3v) is 4.85. The summed E-state index contributed by atoms with van der Waals surface area (Å²) in [5, 5.41) is 0. The highest BCUT2D eigenvalue weighted by molar-refractivity contribution is 8.13. The summed E-state index contributed by atoms with van der Waals surface area (Å²) in [5.41, 5.74) is -12.4. The first kappa shape index (κ1) is 22.4. The predicted molar refractivity (Wildman–Crippen MR) is 70.1 cm³/mol. The van der Waals surface area contributed by atoms with E-state index in [1.165, 1.54) is 0 Å². The number of nitrogens with one attached hydrogen (secondary N) is 1. The van der Waals surface area contributed by atoms with Gasteiger partial charge >= 0.3 is 11.0 Å². The summed E-state index contributed by atoms with van der Waals surface area (Å²) in [4.78, 5) is 3.05. The van der Waals surface area contributed by atoms with E-state index in [-0.39, 0.29) is 0 Å². The maximum absolute atomic E-state index is 11.4. The van der Waals surface area contributed by atoms with E-state index in [4.69, 9.17) is 0 Å². The SMILES string of the molecule is C=Cc1[nH]cc[n+]1CC.O=S(=O)([N-]S(=O)(=O)C(F)(F)F)C(F)(F)F. The maximum Gasteiger partial charge on any atom is 0.480 e. The standard InChI is InChI=1S/C7H10N2.C2F6NO4S2/c1-3-7-8-5-6-9(7)4-2;3-1(4,5)14(10,11)9-15(12,13)2(6,7)8/h3,5-6H,1,4H2,2H3;/q;-1/p+1. The number of hydrogen-bond acceptors (Lipinski definition) is 4. The summed E-state index contributed by atoms with van der Waals surface area (Å²) >= 11 is 0. The molecule has 0 aromatic carbocycles. The highest BCUT2D eigenvalue weighted by atomic mass is 32.3. The quantitative estimate of drug-likeness (QED) is 0.614. The first-order chi connectivity index (χ1) is 10.6. The first-order valence-corrected chi connectivity index (χ1v) is 8.53. The van der Waals surface area contributed by atoms with E-state index >= 15 is 0 Å². The van der Waals surface area contributed by atoms with Crippen LogP contribution >= 0.6 is 0 Å².